The molecule has 4 rings (SSSR count). The summed E-state index contributed by atoms with van der Waals surface area (Å²) in [6, 6.07) is 7.10. The molecule has 1 aromatic carbocycles. The highest BCUT2D eigenvalue weighted by Gasteiger charge is 2.48. The van der Waals surface area contributed by atoms with Crippen molar-refractivity contribution in [3.8, 4) is 5.75 Å². The van der Waals surface area contributed by atoms with Crippen molar-refractivity contribution in [1.29, 1.82) is 0 Å². The zero-order chi connectivity index (χ0) is 21.4. The van der Waals surface area contributed by atoms with Crippen LogP contribution in [0.25, 0.3) is 5.76 Å². The number of hydrogen-bond donors (Lipinski definition) is 1. The first-order valence-corrected chi connectivity index (χ1v) is 9.96. The lowest BCUT2D eigenvalue weighted by Gasteiger charge is -2.22. The minimum absolute atomic E-state index is 0.110. The van der Waals surface area contributed by atoms with Gasteiger partial charge in [0.05, 0.1) is 24.3 Å². The molecule has 0 unspecified atom stereocenters. The van der Waals surface area contributed by atoms with Gasteiger partial charge in [0, 0.05) is 17.4 Å². The van der Waals surface area contributed by atoms with Gasteiger partial charge in [0.1, 0.15) is 16.5 Å². The molecule has 30 heavy (non-hydrogen) atoms. The molecule has 10 heteroatoms. The zero-order valence-corrected chi connectivity index (χ0v) is 17.4. The Morgan fingerprint density at radius 3 is 2.70 bits per heavy atom. The molecule has 0 saturated carbocycles. The molecule has 1 atom stereocenters. The van der Waals surface area contributed by atoms with E-state index in [1.807, 2.05) is 0 Å². The summed E-state index contributed by atoms with van der Waals surface area (Å²) in [4.78, 5) is 31.3. The smallest absolute Gasteiger partial charge is 0.301 e. The van der Waals surface area contributed by atoms with Crippen LogP contribution in [0.4, 0.5) is 5.13 Å². The van der Waals surface area contributed by atoms with E-state index in [0.29, 0.717) is 21.3 Å². The Labute approximate surface area is 180 Å². The molecule has 1 aliphatic heterocycles. The average Bonchev–Trinajstić information content (AvgIpc) is 3.29. The monoisotopic (exact) mass is 442 g/mol. The van der Waals surface area contributed by atoms with Gasteiger partial charge in [-0.15, -0.1) is 10.2 Å². The van der Waals surface area contributed by atoms with Gasteiger partial charge in [-0.25, -0.2) is 0 Å². The number of aliphatic hydroxyl groups is 1. The molecule has 8 nitrogen and oxygen atoms in total. The summed E-state index contributed by atoms with van der Waals surface area (Å²) in [5, 5.41) is 20.3. The van der Waals surface area contributed by atoms with Gasteiger partial charge in [0.2, 0.25) is 5.13 Å². The van der Waals surface area contributed by atoms with Gasteiger partial charge in [0.25, 0.3) is 5.78 Å². The number of ether oxygens (including phenoxy) is 1. The van der Waals surface area contributed by atoms with E-state index in [2.05, 4.69) is 15.2 Å². The predicted octanol–water partition coefficient (Wildman–Crippen LogP) is 3.53. The number of pyridine rings is 1. The summed E-state index contributed by atoms with van der Waals surface area (Å²) in [5.74, 6) is -1.76. The van der Waals surface area contributed by atoms with E-state index in [1.54, 1.807) is 37.4 Å². The second-order valence-electron chi connectivity index (χ2n) is 6.40. The number of aryl methyl sites for hydroxylation is 1. The molecular weight excluding hydrogens is 428 g/mol. The number of halogens is 1. The summed E-state index contributed by atoms with van der Waals surface area (Å²) < 4.78 is 5.30. The Hall–Kier alpha value is -3.30. The molecule has 0 radical (unpaired) electrons. The lowest BCUT2D eigenvalue weighted by Crippen LogP contribution is -2.29. The second-order valence-corrected chi connectivity index (χ2v) is 8.00. The topological polar surface area (TPSA) is 106 Å². The molecule has 0 bridgehead atoms. The summed E-state index contributed by atoms with van der Waals surface area (Å²) in [6.45, 7) is 1.74. The number of Topliss-reactive ketones (excluding diaryl/α,β-unsaturated/α-hetero) is 1. The molecule has 3 heterocycles. The number of hydrogen-bond acceptors (Lipinski definition) is 8. The van der Waals surface area contributed by atoms with Crippen molar-refractivity contribution in [2.45, 2.75) is 13.0 Å². The van der Waals surface area contributed by atoms with Gasteiger partial charge in [0.15, 0.2) is 0 Å². The van der Waals surface area contributed by atoms with Crippen molar-refractivity contribution in [2.24, 2.45) is 0 Å². The SMILES string of the molecule is COc1ccc(Cl)cc1/C(O)=C1\C(=O)C(=O)N(c2nnc(C)s2)[C@H]1c1cccnc1. The fraction of sp³-hybridized carbons (Fsp3) is 0.150. The number of amides is 1. The van der Waals surface area contributed by atoms with Crippen molar-refractivity contribution in [3.05, 3.63) is 69.5 Å². The van der Waals surface area contributed by atoms with Crippen LogP contribution >= 0.6 is 22.9 Å². The van der Waals surface area contributed by atoms with Crippen molar-refractivity contribution < 1.29 is 19.4 Å². The molecule has 0 spiro atoms. The van der Waals surface area contributed by atoms with E-state index in [4.69, 9.17) is 16.3 Å². The van der Waals surface area contributed by atoms with E-state index < -0.39 is 23.5 Å². The van der Waals surface area contributed by atoms with Crippen molar-refractivity contribution in [2.75, 3.05) is 12.0 Å². The van der Waals surface area contributed by atoms with Crippen LogP contribution in [-0.4, -0.2) is 39.1 Å². The number of benzene rings is 1. The highest BCUT2D eigenvalue weighted by molar-refractivity contribution is 7.15. The number of nitrogens with zero attached hydrogens (tertiary/aromatic N) is 4. The van der Waals surface area contributed by atoms with E-state index in [0.717, 1.165) is 0 Å². The number of carbonyl (C=O) groups excluding carboxylic acids is 2. The molecule has 152 valence electrons. The first kappa shape index (κ1) is 20.0. The lowest BCUT2D eigenvalue weighted by atomic mass is 9.96. The summed E-state index contributed by atoms with van der Waals surface area (Å²) >= 11 is 7.26. The standard InChI is InChI=1S/C20H15ClN4O4S/c1-10-23-24-20(30-10)25-16(11-4-3-7-22-9-11)15(18(27)19(25)28)17(26)13-8-12(21)5-6-14(13)29-2/h3-9,16,26H,1-2H3/b17-15+/t16-/m0/s1. The Morgan fingerprint density at radius 2 is 2.07 bits per heavy atom. The number of aromatic nitrogens is 3. The van der Waals surface area contributed by atoms with Crippen molar-refractivity contribution in [3.63, 3.8) is 0 Å². The quantitative estimate of drug-likeness (QED) is 0.374. The maximum atomic E-state index is 13.0. The normalized spacial score (nSPS) is 18.1. The van der Waals surface area contributed by atoms with Gasteiger partial charge in [-0.3, -0.25) is 19.5 Å². The molecule has 1 N–H and O–H groups in total. The highest BCUT2D eigenvalue weighted by Crippen LogP contribution is 2.43. The third-order valence-electron chi connectivity index (χ3n) is 4.58. The van der Waals surface area contributed by atoms with Crippen LogP contribution in [0.15, 0.2) is 48.3 Å². The van der Waals surface area contributed by atoms with Crippen LogP contribution in [0.5, 0.6) is 5.75 Å². The minimum atomic E-state index is -0.935. The van der Waals surface area contributed by atoms with Crippen LogP contribution in [0.1, 0.15) is 22.2 Å². The number of anilines is 1. The molecule has 1 aliphatic rings. The van der Waals surface area contributed by atoms with Gasteiger partial charge in [-0.1, -0.05) is 29.0 Å². The molecule has 0 aliphatic carbocycles. The van der Waals surface area contributed by atoms with E-state index in [-0.39, 0.29) is 16.3 Å². The number of aliphatic hydroxyl groups excluding tert-OH is 1. The zero-order valence-electron chi connectivity index (χ0n) is 15.9. The summed E-state index contributed by atoms with van der Waals surface area (Å²) in [5.41, 5.74) is 0.624. The first-order chi connectivity index (χ1) is 14.4. The summed E-state index contributed by atoms with van der Waals surface area (Å²) in [7, 11) is 1.43. The third-order valence-corrected chi connectivity index (χ3v) is 5.66. The number of carbonyl (C=O) groups is 2. The number of rotatable bonds is 4. The van der Waals surface area contributed by atoms with E-state index in [1.165, 1.54) is 35.6 Å². The van der Waals surface area contributed by atoms with Gasteiger partial charge in [-0.2, -0.15) is 0 Å². The molecular formula is C20H15ClN4O4S. The second kappa shape index (κ2) is 7.85. The van der Waals surface area contributed by atoms with Crippen LogP contribution in [0, 0.1) is 6.92 Å². The predicted molar refractivity (Wildman–Crippen MR) is 112 cm³/mol. The largest absolute Gasteiger partial charge is 0.507 e. The van der Waals surface area contributed by atoms with Gasteiger partial charge >= 0.3 is 5.91 Å². The van der Waals surface area contributed by atoms with E-state index in [9.17, 15) is 14.7 Å². The van der Waals surface area contributed by atoms with Crippen molar-refractivity contribution >= 4 is 45.5 Å². The molecule has 1 fully saturated rings. The Kier molecular flexibility index (Phi) is 5.23. The first-order valence-electron chi connectivity index (χ1n) is 8.77. The maximum Gasteiger partial charge on any atom is 0.301 e. The van der Waals surface area contributed by atoms with Crippen LogP contribution in [0.2, 0.25) is 5.02 Å². The highest BCUT2D eigenvalue weighted by atomic mass is 35.5. The Bertz CT molecular complexity index is 1180. The Balaban J connectivity index is 1.98. The third kappa shape index (κ3) is 3.31. The van der Waals surface area contributed by atoms with Crippen LogP contribution in [0.3, 0.4) is 0 Å². The van der Waals surface area contributed by atoms with Crippen LogP contribution < -0.4 is 9.64 Å². The fourth-order valence-corrected chi connectivity index (χ4v) is 4.16. The average molecular weight is 443 g/mol. The minimum Gasteiger partial charge on any atom is -0.507 e. The molecule has 1 amide bonds. The van der Waals surface area contributed by atoms with E-state index >= 15 is 0 Å². The maximum absolute atomic E-state index is 13.0. The van der Waals surface area contributed by atoms with Gasteiger partial charge in [-0.05, 0) is 36.8 Å². The van der Waals surface area contributed by atoms with Crippen LogP contribution in [-0.2, 0) is 9.59 Å². The molecule has 1 saturated heterocycles. The lowest BCUT2D eigenvalue weighted by molar-refractivity contribution is -0.132. The summed E-state index contributed by atoms with van der Waals surface area (Å²) in [6.07, 6.45) is 3.10. The fourth-order valence-electron chi connectivity index (χ4n) is 3.28. The Morgan fingerprint density at radius 1 is 1.27 bits per heavy atom. The molecule has 2 aromatic heterocycles. The number of methoxy groups -OCH3 is 1. The van der Waals surface area contributed by atoms with Crippen molar-refractivity contribution in [1.82, 2.24) is 15.2 Å². The van der Waals surface area contributed by atoms with Gasteiger partial charge < -0.3 is 9.84 Å². The molecule has 3 aromatic rings. The number of ketones is 1.